The Balaban J connectivity index is 1.06. The van der Waals surface area contributed by atoms with Crippen LogP contribution in [0, 0.1) is 5.41 Å². The molecule has 1 aromatic carbocycles. The maximum atomic E-state index is 12.9. The maximum Gasteiger partial charge on any atom is 0.491 e. The first-order chi connectivity index (χ1) is 21.2. The van der Waals surface area contributed by atoms with Gasteiger partial charge in [0.2, 0.25) is 5.88 Å². The molecule has 44 heavy (non-hydrogen) atoms. The Bertz CT molecular complexity index is 1530. The molecule has 10 nitrogen and oxygen atoms in total. The molecule has 4 aliphatic rings. The van der Waals surface area contributed by atoms with Crippen LogP contribution in [0.1, 0.15) is 38.5 Å². The Kier molecular flexibility index (Phi) is 7.22. The van der Waals surface area contributed by atoms with Crippen molar-refractivity contribution >= 4 is 23.2 Å². The number of halogens is 3. The summed E-state index contributed by atoms with van der Waals surface area (Å²) >= 11 is 0. The van der Waals surface area contributed by atoms with E-state index in [0.29, 0.717) is 30.1 Å². The van der Waals surface area contributed by atoms with Crippen molar-refractivity contribution in [2.24, 2.45) is 5.41 Å². The van der Waals surface area contributed by atoms with Gasteiger partial charge in [0.25, 0.3) is 0 Å². The zero-order valence-corrected chi connectivity index (χ0v) is 24.1. The second kappa shape index (κ2) is 11.1. The Labute approximate surface area is 252 Å². The molecule has 0 radical (unpaired) electrons. The van der Waals surface area contributed by atoms with Crippen LogP contribution < -0.4 is 30.3 Å². The summed E-state index contributed by atoms with van der Waals surface area (Å²) < 4.78 is 49.6. The van der Waals surface area contributed by atoms with Crippen molar-refractivity contribution in [3.05, 3.63) is 48.7 Å². The number of benzene rings is 1. The molecule has 1 saturated carbocycles. The van der Waals surface area contributed by atoms with Crippen LogP contribution in [0.5, 0.6) is 11.6 Å². The number of ether oxygens (including phenoxy) is 2. The molecule has 5 heterocycles. The minimum absolute atomic E-state index is 0.210. The molecule has 2 atom stereocenters. The number of fused-ring (bicyclic) bond motifs is 2. The highest BCUT2D eigenvalue weighted by Crippen LogP contribution is 2.49. The number of piperidine rings is 1. The van der Waals surface area contributed by atoms with Crippen molar-refractivity contribution in [2.75, 3.05) is 41.7 Å². The first-order valence-corrected chi connectivity index (χ1v) is 15.1. The number of hydrogen-bond acceptors (Lipinski definition) is 10. The van der Waals surface area contributed by atoms with Crippen LogP contribution in [-0.4, -0.2) is 71.7 Å². The molecule has 232 valence electrons. The fourth-order valence-electron chi connectivity index (χ4n) is 7.37. The highest BCUT2D eigenvalue weighted by Gasteiger charge is 2.46. The molecule has 1 aliphatic carbocycles. The van der Waals surface area contributed by atoms with Gasteiger partial charge >= 0.3 is 12.1 Å². The number of nitrogens with zero attached hydrogens (tertiary/aromatic N) is 5. The van der Waals surface area contributed by atoms with E-state index >= 15 is 0 Å². The van der Waals surface area contributed by atoms with Crippen LogP contribution in [0.15, 0.2) is 48.7 Å². The molecule has 2 unspecified atom stereocenters. The number of esters is 1. The molecule has 3 saturated heterocycles. The Morgan fingerprint density at radius 2 is 1.75 bits per heavy atom. The summed E-state index contributed by atoms with van der Waals surface area (Å²) in [4.78, 5) is 20.7. The summed E-state index contributed by atoms with van der Waals surface area (Å²) in [5.41, 5.74) is 8.90. The molecule has 0 amide bonds. The summed E-state index contributed by atoms with van der Waals surface area (Å²) in [6.07, 6.45) is 3.50. The summed E-state index contributed by atoms with van der Waals surface area (Å²) in [5.74, 6) is -1.68. The topological polar surface area (TPSA) is 119 Å². The number of alkyl halides is 3. The zero-order chi connectivity index (χ0) is 30.5. The Morgan fingerprint density at radius 1 is 1.02 bits per heavy atom. The van der Waals surface area contributed by atoms with Gasteiger partial charge in [-0.3, -0.25) is 0 Å². The lowest BCUT2D eigenvalue weighted by atomic mass is 9.62. The van der Waals surface area contributed by atoms with E-state index in [1.807, 2.05) is 18.3 Å². The van der Waals surface area contributed by atoms with Crippen LogP contribution in [-0.2, 0) is 4.79 Å². The fraction of sp³-hybridized carbons (Fsp3) is 0.484. The summed E-state index contributed by atoms with van der Waals surface area (Å²) in [7, 11) is 0. The van der Waals surface area contributed by atoms with Gasteiger partial charge in [0, 0.05) is 48.7 Å². The molecule has 3 aliphatic heterocycles. The van der Waals surface area contributed by atoms with E-state index in [1.54, 1.807) is 12.1 Å². The number of hydrogen-bond donors (Lipinski definition) is 2. The van der Waals surface area contributed by atoms with Gasteiger partial charge in [-0.25, -0.2) is 9.78 Å². The zero-order valence-electron chi connectivity index (χ0n) is 24.1. The van der Waals surface area contributed by atoms with Gasteiger partial charge in [0.15, 0.2) is 5.82 Å². The predicted octanol–water partition coefficient (Wildman–Crippen LogP) is 4.36. The number of nitrogens with one attached hydrogen (secondary N) is 1. The Hall–Kier alpha value is -4.13. The van der Waals surface area contributed by atoms with Gasteiger partial charge in [0.05, 0.1) is 11.4 Å². The summed E-state index contributed by atoms with van der Waals surface area (Å²) in [6.45, 7) is 3.52. The third kappa shape index (κ3) is 5.49. The van der Waals surface area contributed by atoms with E-state index in [1.165, 1.54) is 31.0 Å². The lowest BCUT2D eigenvalue weighted by molar-refractivity contribution is -0.189. The van der Waals surface area contributed by atoms with Crippen molar-refractivity contribution in [3.63, 3.8) is 0 Å². The molecule has 3 aromatic rings. The molecular weight excluding hydrogens is 575 g/mol. The number of carbonyl (C=O) groups excluding carboxylic acids is 1. The number of aromatic nitrogens is 3. The predicted molar refractivity (Wildman–Crippen MR) is 157 cm³/mol. The van der Waals surface area contributed by atoms with Gasteiger partial charge in [-0.2, -0.15) is 13.2 Å². The molecule has 4 fully saturated rings. The van der Waals surface area contributed by atoms with Crippen molar-refractivity contribution in [1.29, 1.82) is 0 Å². The van der Waals surface area contributed by atoms with Crippen molar-refractivity contribution < 1.29 is 27.4 Å². The van der Waals surface area contributed by atoms with Crippen LogP contribution in [0.2, 0.25) is 0 Å². The number of pyridine rings is 1. The van der Waals surface area contributed by atoms with Crippen LogP contribution in [0.3, 0.4) is 0 Å². The number of nitrogens with two attached hydrogens (primary N) is 1. The normalized spacial score (nSPS) is 23.0. The molecule has 1 spiro atoms. The minimum Gasteiger partial charge on any atom is -0.474 e. The number of rotatable bonds is 6. The largest absolute Gasteiger partial charge is 0.491 e. The number of piperazine rings is 1. The smallest absolute Gasteiger partial charge is 0.474 e. The van der Waals surface area contributed by atoms with Crippen LogP contribution in [0.25, 0.3) is 11.3 Å². The molecule has 7 rings (SSSR count). The number of anilines is 3. The van der Waals surface area contributed by atoms with E-state index in [2.05, 4.69) is 35.0 Å². The van der Waals surface area contributed by atoms with Crippen molar-refractivity contribution in [3.8, 4) is 22.9 Å². The third-order valence-corrected chi connectivity index (χ3v) is 9.51. The van der Waals surface area contributed by atoms with Crippen molar-refractivity contribution in [1.82, 2.24) is 20.5 Å². The number of carbonyl (C=O) groups is 1. The van der Waals surface area contributed by atoms with Gasteiger partial charge in [-0.15, -0.1) is 10.2 Å². The van der Waals surface area contributed by atoms with Crippen LogP contribution >= 0.6 is 0 Å². The van der Waals surface area contributed by atoms with E-state index in [9.17, 15) is 18.0 Å². The first-order valence-electron chi connectivity index (χ1n) is 15.1. The number of nitrogen functional groups attached to an aromatic ring is 1. The quantitative estimate of drug-likeness (QED) is 0.308. The number of para-hydroxylation sites is 1. The standard InChI is InChI=1S/C31H34F3N7O3/c32-31(33,34)29(42)44-26-4-2-1-3-23(26)24-14-25(28(35)39-38-24)40-17-20-5-6-21(18-40)41(20)19-7-10-37-27(13-19)43-22-15-30(16-22)8-11-36-12-9-30/h1-4,7,10,13-14,20-22,36H,5-6,8-9,11-12,15-18H2,(H2,35,39). The Morgan fingerprint density at radius 3 is 2.48 bits per heavy atom. The van der Waals surface area contributed by atoms with Gasteiger partial charge in [-0.1, -0.05) is 12.1 Å². The van der Waals surface area contributed by atoms with Crippen molar-refractivity contribution in [2.45, 2.75) is 62.9 Å². The maximum absolute atomic E-state index is 12.9. The summed E-state index contributed by atoms with van der Waals surface area (Å²) in [6, 6.07) is 12.1. The average Bonchev–Trinajstić information content (AvgIpc) is 3.26. The third-order valence-electron chi connectivity index (χ3n) is 9.51. The van der Waals surface area contributed by atoms with E-state index in [4.69, 9.17) is 10.5 Å². The van der Waals surface area contributed by atoms with E-state index < -0.39 is 12.1 Å². The van der Waals surface area contributed by atoms with Crippen LogP contribution in [0.4, 0.5) is 30.4 Å². The molecular formula is C31H34F3N7O3. The molecule has 2 bridgehead atoms. The fourth-order valence-corrected chi connectivity index (χ4v) is 7.37. The average molecular weight is 610 g/mol. The van der Waals surface area contributed by atoms with E-state index in [0.717, 1.165) is 44.5 Å². The SMILES string of the molecule is Nc1nnc(-c2ccccc2OC(=O)C(F)(F)F)cc1N1CC2CCC(C1)N2c1ccnc(OC2CC3(CCNCC3)C2)c1. The second-order valence-corrected chi connectivity index (χ2v) is 12.3. The van der Waals surface area contributed by atoms with E-state index in [-0.39, 0.29) is 41.0 Å². The molecule has 3 N–H and O–H groups in total. The lowest BCUT2D eigenvalue weighted by Gasteiger charge is -2.49. The molecule has 2 aromatic heterocycles. The minimum atomic E-state index is -5.13. The lowest BCUT2D eigenvalue weighted by Crippen LogP contribution is -2.54. The van der Waals surface area contributed by atoms with Gasteiger partial charge in [0.1, 0.15) is 11.9 Å². The highest BCUT2D eigenvalue weighted by atomic mass is 19.4. The monoisotopic (exact) mass is 609 g/mol. The summed E-state index contributed by atoms with van der Waals surface area (Å²) in [5, 5.41) is 11.7. The van der Waals surface area contributed by atoms with Gasteiger partial charge < -0.3 is 30.3 Å². The highest BCUT2D eigenvalue weighted by molar-refractivity contribution is 5.82. The first kappa shape index (κ1) is 28.6. The second-order valence-electron chi connectivity index (χ2n) is 12.3. The molecule has 13 heteroatoms. The van der Waals surface area contributed by atoms with Gasteiger partial charge in [-0.05, 0) is 81.3 Å².